The highest BCUT2D eigenvalue weighted by atomic mass is 16.6. The first-order chi connectivity index (χ1) is 7.24. The quantitative estimate of drug-likeness (QED) is 0.750. The molecular formula is C11H21NO4. The molecule has 5 nitrogen and oxygen atoms in total. The molecule has 0 rings (SSSR count). The highest BCUT2D eigenvalue weighted by molar-refractivity contribution is 5.68. The van der Waals surface area contributed by atoms with Gasteiger partial charge in [0.15, 0.2) is 0 Å². The minimum atomic E-state index is -0.524. The topological polar surface area (TPSA) is 64.6 Å². The largest absolute Gasteiger partial charge is 0.464 e. The van der Waals surface area contributed by atoms with Crippen molar-refractivity contribution >= 4 is 12.1 Å². The molecular weight excluding hydrogens is 210 g/mol. The van der Waals surface area contributed by atoms with Gasteiger partial charge in [-0.15, -0.1) is 0 Å². The number of esters is 1. The minimum absolute atomic E-state index is 0.172. The molecule has 0 radical (unpaired) electrons. The number of nitrogens with one attached hydrogen (secondary N) is 1. The molecule has 0 aliphatic heterocycles. The Hall–Kier alpha value is -1.26. The maximum absolute atomic E-state index is 11.4. The molecule has 1 amide bonds. The van der Waals surface area contributed by atoms with Crippen LogP contribution < -0.4 is 5.32 Å². The molecule has 0 spiro atoms. The first kappa shape index (κ1) is 14.7. The monoisotopic (exact) mass is 231 g/mol. The highest BCUT2D eigenvalue weighted by Crippen LogP contribution is 2.07. The molecule has 0 heterocycles. The molecule has 0 fully saturated rings. The van der Waals surface area contributed by atoms with E-state index in [1.165, 1.54) is 6.92 Å². The van der Waals surface area contributed by atoms with Crippen LogP contribution in [0.15, 0.2) is 0 Å². The summed E-state index contributed by atoms with van der Waals surface area (Å²) in [6.07, 6.45) is 0.179. The third kappa shape index (κ3) is 8.08. The van der Waals surface area contributed by atoms with Gasteiger partial charge in [-0.2, -0.15) is 0 Å². The third-order valence-electron chi connectivity index (χ3n) is 1.70. The number of alkyl carbamates (subject to hydrolysis) is 1. The molecule has 0 aromatic heterocycles. The van der Waals surface area contributed by atoms with Crippen LogP contribution in [0.2, 0.25) is 0 Å². The Balaban J connectivity index is 4.02. The molecule has 0 bridgehead atoms. The molecule has 5 heteroatoms. The second-order valence-electron chi connectivity index (χ2n) is 4.55. The Labute approximate surface area is 96.5 Å². The smallest absolute Gasteiger partial charge is 0.407 e. The van der Waals surface area contributed by atoms with Crippen LogP contribution in [0.1, 0.15) is 41.0 Å². The van der Waals surface area contributed by atoms with Crippen LogP contribution in [0.3, 0.4) is 0 Å². The van der Waals surface area contributed by atoms with E-state index >= 15 is 0 Å². The van der Waals surface area contributed by atoms with Gasteiger partial charge in [0.2, 0.25) is 0 Å². The van der Waals surface area contributed by atoms with Crippen molar-refractivity contribution in [3.63, 3.8) is 0 Å². The van der Waals surface area contributed by atoms with Crippen LogP contribution in [0, 0.1) is 0 Å². The van der Waals surface area contributed by atoms with Crippen molar-refractivity contribution in [2.75, 3.05) is 6.61 Å². The lowest BCUT2D eigenvalue weighted by molar-refractivity contribution is -0.141. The summed E-state index contributed by atoms with van der Waals surface area (Å²) in [5, 5.41) is 2.64. The first-order valence-electron chi connectivity index (χ1n) is 5.37. The fourth-order valence-corrected chi connectivity index (χ4v) is 0.954. The minimum Gasteiger partial charge on any atom is -0.464 e. The SMILES string of the molecule is CC[C@H](COC(C)=O)NC(=O)OC(C)(C)C. The van der Waals surface area contributed by atoms with Crippen molar-refractivity contribution in [2.24, 2.45) is 0 Å². The van der Waals surface area contributed by atoms with E-state index in [-0.39, 0.29) is 18.6 Å². The molecule has 0 aromatic carbocycles. The van der Waals surface area contributed by atoms with Gasteiger partial charge in [-0.1, -0.05) is 6.92 Å². The molecule has 0 aliphatic carbocycles. The maximum atomic E-state index is 11.4. The first-order valence-corrected chi connectivity index (χ1v) is 5.37. The zero-order valence-electron chi connectivity index (χ0n) is 10.6. The Morgan fingerprint density at radius 3 is 2.25 bits per heavy atom. The Morgan fingerprint density at radius 2 is 1.88 bits per heavy atom. The third-order valence-corrected chi connectivity index (χ3v) is 1.70. The lowest BCUT2D eigenvalue weighted by Gasteiger charge is -2.22. The average Bonchev–Trinajstić information content (AvgIpc) is 2.08. The van der Waals surface area contributed by atoms with Crippen LogP contribution in [-0.4, -0.2) is 30.3 Å². The summed E-state index contributed by atoms with van der Waals surface area (Å²) in [6.45, 7) is 8.77. The van der Waals surface area contributed by atoms with E-state index in [9.17, 15) is 9.59 Å². The Kier molecular flexibility index (Phi) is 5.85. The number of ether oxygens (including phenoxy) is 2. The summed E-state index contributed by atoms with van der Waals surface area (Å²) >= 11 is 0. The number of carbonyl (C=O) groups excluding carboxylic acids is 2. The van der Waals surface area contributed by atoms with Crippen molar-refractivity contribution in [3.05, 3.63) is 0 Å². The summed E-state index contributed by atoms with van der Waals surface area (Å²) in [7, 11) is 0. The van der Waals surface area contributed by atoms with E-state index in [1.807, 2.05) is 6.92 Å². The number of hydrogen-bond donors (Lipinski definition) is 1. The second kappa shape index (κ2) is 6.35. The predicted molar refractivity (Wildman–Crippen MR) is 60.1 cm³/mol. The van der Waals surface area contributed by atoms with Gasteiger partial charge < -0.3 is 14.8 Å². The predicted octanol–water partition coefficient (Wildman–Crippen LogP) is 1.85. The van der Waals surface area contributed by atoms with Crippen molar-refractivity contribution in [2.45, 2.75) is 52.7 Å². The standard InChI is InChI=1S/C11H21NO4/c1-6-9(7-15-8(2)13)12-10(14)16-11(3,4)5/h9H,6-7H2,1-5H3,(H,12,14)/t9-/m1/s1. The van der Waals surface area contributed by atoms with Crippen LogP contribution in [0.4, 0.5) is 4.79 Å². The lowest BCUT2D eigenvalue weighted by atomic mass is 10.2. The number of carbonyl (C=O) groups is 2. The van der Waals surface area contributed by atoms with Crippen LogP contribution in [0.25, 0.3) is 0 Å². The van der Waals surface area contributed by atoms with Crippen molar-refractivity contribution in [3.8, 4) is 0 Å². The zero-order chi connectivity index (χ0) is 12.8. The van der Waals surface area contributed by atoms with Gasteiger partial charge in [0.25, 0.3) is 0 Å². The van der Waals surface area contributed by atoms with Gasteiger partial charge in [0.1, 0.15) is 12.2 Å². The van der Waals surface area contributed by atoms with Crippen LogP contribution >= 0.6 is 0 Å². The van der Waals surface area contributed by atoms with Gasteiger partial charge in [-0.25, -0.2) is 4.79 Å². The van der Waals surface area contributed by atoms with Crippen molar-refractivity contribution in [1.29, 1.82) is 0 Å². The summed E-state index contributed by atoms with van der Waals surface area (Å²) < 4.78 is 9.90. The van der Waals surface area contributed by atoms with Gasteiger partial charge in [-0.3, -0.25) is 4.79 Å². The number of hydrogen-bond acceptors (Lipinski definition) is 4. The normalized spacial score (nSPS) is 12.8. The molecule has 94 valence electrons. The van der Waals surface area contributed by atoms with Crippen molar-refractivity contribution in [1.82, 2.24) is 5.32 Å². The van der Waals surface area contributed by atoms with E-state index in [0.29, 0.717) is 6.42 Å². The fraction of sp³-hybridized carbons (Fsp3) is 0.818. The molecule has 0 saturated carbocycles. The van der Waals surface area contributed by atoms with Crippen LogP contribution in [0.5, 0.6) is 0 Å². The summed E-state index contributed by atoms with van der Waals surface area (Å²) in [6, 6.07) is -0.209. The molecule has 0 unspecified atom stereocenters. The zero-order valence-corrected chi connectivity index (χ0v) is 10.6. The van der Waals surface area contributed by atoms with Gasteiger partial charge in [0.05, 0.1) is 6.04 Å². The van der Waals surface area contributed by atoms with Crippen molar-refractivity contribution < 1.29 is 19.1 Å². The fourth-order valence-electron chi connectivity index (χ4n) is 0.954. The van der Waals surface area contributed by atoms with E-state index in [2.05, 4.69) is 5.32 Å². The molecule has 0 saturated heterocycles. The van der Waals surface area contributed by atoms with E-state index in [4.69, 9.17) is 9.47 Å². The molecule has 1 N–H and O–H groups in total. The average molecular weight is 231 g/mol. The number of amides is 1. The number of rotatable bonds is 4. The Bertz CT molecular complexity index is 245. The summed E-state index contributed by atoms with van der Waals surface area (Å²) in [5.74, 6) is -0.357. The highest BCUT2D eigenvalue weighted by Gasteiger charge is 2.19. The molecule has 1 atom stereocenters. The molecule has 0 aliphatic rings. The van der Waals surface area contributed by atoms with E-state index in [0.717, 1.165) is 0 Å². The summed E-state index contributed by atoms with van der Waals surface area (Å²) in [5.41, 5.74) is -0.524. The molecule has 0 aromatic rings. The Morgan fingerprint density at radius 1 is 1.31 bits per heavy atom. The van der Waals surface area contributed by atoms with Gasteiger partial charge in [-0.05, 0) is 27.2 Å². The maximum Gasteiger partial charge on any atom is 0.407 e. The summed E-state index contributed by atoms with van der Waals surface area (Å²) in [4.78, 5) is 22.0. The second-order valence-corrected chi connectivity index (χ2v) is 4.55. The van der Waals surface area contributed by atoms with Crippen LogP contribution in [-0.2, 0) is 14.3 Å². The van der Waals surface area contributed by atoms with E-state index < -0.39 is 11.7 Å². The lowest BCUT2D eigenvalue weighted by Crippen LogP contribution is -2.41. The van der Waals surface area contributed by atoms with Gasteiger partial charge >= 0.3 is 12.1 Å². The van der Waals surface area contributed by atoms with E-state index in [1.54, 1.807) is 20.8 Å². The molecule has 16 heavy (non-hydrogen) atoms. The van der Waals surface area contributed by atoms with Gasteiger partial charge in [0, 0.05) is 6.92 Å².